The SMILES string of the molecule is Cc1[nH]ncc1C(=O)N(C)Cc1ncc[nH]1. The van der Waals surface area contributed by atoms with Crippen molar-refractivity contribution in [2.45, 2.75) is 13.5 Å². The number of carbonyl (C=O) groups is 1. The van der Waals surface area contributed by atoms with E-state index >= 15 is 0 Å². The largest absolute Gasteiger partial charge is 0.347 e. The highest BCUT2D eigenvalue weighted by Gasteiger charge is 2.16. The van der Waals surface area contributed by atoms with Crippen LogP contribution in [-0.2, 0) is 6.54 Å². The van der Waals surface area contributed by atoms with Crippen LogP contribution in [0.4, 0.5) is 0 Å². The van der Waals surface area contributed by atoms with Crippen molar-refractivity contribution < 1.29 is 4.79 Å². The zero-order valence-corrected chi connectivity index (χ0v) is 9.19. The van der Waals surface area contributed by atoms with Crippen LogP contribution in [0, 0.1) is 6.92 Å². The molecule has 2 rings (SSSR count). The van der Waals surface area contributed by atoms with Crippen molar-refractivity contribution in [2.75, 3.05) is 7.05 Å². The van der Waals surface area contributed by atoms with Crippen molar-refractivity contribution in [3.8, 4) is 0 Å². The van der Waals surface area contributed by atoms with Gasteiger partial charge in [-0.3, -0.25) is 9.89 Å². The van der Waals surface area contributed by atoms with Crippen LogP contribution >= 0.6 is 0 Å². The molecule has 16 heavy (non-hydrogen) atoms. The van der Waals surface area contributed by atoms with Crippen LogP contribution in [0.2, 0.25) is 0 Å². The molecule has 0 unspecified atom stereocenters. The molecule has 84 valence electrons. The molecule has 1 amide bonds. The lowest BCUT2D eigenvalue weighted by Crippen LogP contribution is -2.26. The predicted octanol–water partition coefficient (Wildman–Crippen LogP) is 0.713. The number of hydrogen-bond donors (Lipinski definition) is 2. The van der Waals surface area contributed by atoms with Crippen LogP contribution in [0.1, 0.15) is 21.9 Å². The number of carbonyl (C=O) groups excluding carboxylic acids is 1. The van der Waals surface area contributed by atoms with Gasteiger partial charge in [-0.15, -0.1) is 0 Å². The lowest BCUT2D eigenvalue weighted by atomic mass is 10.2. The second kappa shape index (κ2) is 4.18. The molecule has 2 N–H and O–H groups in total. The zero-order valence-electron chi connectivity index (χ0n) is 9.19. The maximum absolute atomic E-state index is 12.0. The summed E-state index contributed by atoms with van der Waals surface area (Å²) in [7, 11) is 1.73. The van der Waals surface area contributed by atoms with Crippen molar-refractivity contribution in [1.82, 2.24) is 25.1 Å². The van der Waals surface area contributed by atoms with E-state index in [2.05, 4.69) is 20.2 Å². The number of hydrogen-bond acceptors (Lipinski definition) is 3. The number of aryl methyl sites for hydroxylation is 1. The normalized spacial score (nSPS) is 10.4. The molecule has 6 nitrogen and oxygen atoms in total. The van der Waals surface area contributed by atoms with Crippen molar-refractivity contribution in [3.05, 3.63) is 35.7 Å². The lowest BCUT2D eigenvalue weighted by molar-refractivity contribution is 0.0781. The monoisotopic (exact) mass is 219 g/mol. The van der Waals surface area contributed by atoms with Crippen LogP contribution in [0.5, 0.6) is 0 Å². The molecule has 0 aliphatic carbocycles. The predicted molar refractivity (Wildman–Crippen MR) is 57.7 cm³/mol. The number of amides is 1. The van der Waals surface area contributed by atoms with E-state index in [1.54, 1.807) is 24.3 Å². The molecule has 0 radical (unpaired) electrons. The molecule has 2 aromatic rings. The maximum atomic E-state index is 12.0. The van der Waals surface area contributed by atoms with Gasteiger partial charge in [-0.25, -0.2) is 4.98 Å². The number of aromatic nitrogens is 4. The Kier molecular flexibility index (Phi) is 2.72. The van der Waals surface area contributed by atoms with Gasteiger partial charge >= 0.3 is 0 Å². The molecule has 2 aromatic heterocycles. The molecule has 0 atom stereocenters. The summed E-state index contributed by atoms with van der Waals surface area (Å²) in [5, 5.41) is 6.57. The van der Waals surface area contributed by atoms with Crippen molar-refractivity contribution in [2.24, 2.45) is 0 Å². The summed E-state index contributed by atoms with van der Waals surface area (Å²) >= 11 is 0. The molecule has 0 fully saturated rings. The van der Waals surface area contributed by atoms with Gasteiger partial charge in [-0.05, 0) is 6.92 Å². The van der Waals surface area contributed by atoms with Gasteiger partial charge in [-0.2, -0.15) is 5.10 Å². The second-order valence-electron chi connectivity index (χ2n) is 3.61. The fourth-order valence-electron chi connectivity index (χ4n) is 1.45. The molecular formula is C10H13N5O. The van der Waals surface area contributed by atoms with Crippen molar-refractivity contribution in [1.29, 1.82) is 0 Å². The summed E-state index contributed by atoms with van der Waals surface area (Å²) in [5.41, 5.74) is 1.37. The Balaban J connectivity index is 2.08. The highest BCUT2D eigenvalue weighted by molar-refractivity contribution is 5.94. The molecule has 0 aliphatic heterocycles. The van der Waals surface area contributed by atoms with Gasteiger partial charge in [0.2, 0.25) is 0 Å². The molecular weight excluding hydrogens is 206 g/mol. The zero-order chi connectivity index (χ0) is 11.5. The van der Waals surface area contributed by atoms with Gasteiger partial charge in [0.1, 0.15) is 5.82 Å². The summed E-state index contributed by atoms with van der Waals surface area (Å²) < 4.78 is 0. The van der Waals surface area contributed by atoms with E-state index in [4.69, 9.17) is 0 Å². The Morgan fingerprint density at radius 3 is 2.94 bits per heavy atom. The fraction of sp³-hybridized carbons (Fsp3) is 0.300. The minimum Gasteiger partial charge on any atom is -0.347 e. The third-order valence-electron chi connectivity index (χ3n) is 2.35. The van der Waals surface area contributed by atoms with E-state index in [9.17, 15) is 4.79 Å². The van der Waals surface area contributed by atoms with E-state index in [0.717, 1.165) is 11.5 Å². The van der Waals surface area contributed by atoms with Crippen LogP contribution in [-0.4, -0.2) is 38.0 Å². The van der Waals surface area contributed by atoms with E-state index in [1.807, 2.05) is 6.92 Å². The number of aromatic amines is 2. The molecule has 2 heterocycles. The van der Waals surface area contributed by atoms with Crippen LogP contribution < -0.4 is 0 Å². The average Bonchev–Trinajstić information content (AvgIpc) is 2.88. The maximum Gasteiger partial charge on any atom is 0.257 e. The van der Waals surface area contributed by atoms with E-state index in [0.29, 0.717) is 12.1 Å². The molecule has 6 heteroatoms. The summed E-state index contributed by atoms with van der Waals surface area (Å²) in [6.45, 7) is 2.28. The molecule has 0 aliphatic rings. The van der Waals surface area contributed by atoms with Gasteiger partial charge in [-0.1, -0.05) is 0 Å². The Bertz CT molecular complexity index is 473. The number of nitrogens with zero attached hydrogens (tertiary/aromatic N) is 3. The summed E-state index contributed by atoms with van der Waals surface area (Å²) in [4.78, 5) is 20.6. The fourth-order valence-corrected chi connectivity index (χ4v) is 1.45. The minimum atomic E-state index is -0.0670. The molecule has 0 aromatic carbocycles. The summed E-state index contributed by atoms with van der Waals surface area (Å²) in [5.74, 6) is 0.694. The summed E-state index contributed by atoms with van der Waals surface area (Å²) in [6, 6.07) is 0. The molecule has 0 saturated heterocycles. The molecule has 0 spiro atoms. The van der Waals surface area contributed by atoms with E-state index in [-0.39, 0.29) is 5.91 Å². The quantitative estimate of drug-likeness (QED) is 0.798. The van der Waals surface area contributed by atoms with Gasteiger partial charge in [0, 0.05) is 25.1 Å². The highest BCUT2D eigenvalue weighted by Crippen LogP contribution is 2.07. The first-order chi connectivity index (χ1) is 7.68. The van der Waals surface area contributed by atoms with Gasteiger partial charge in [0.05, 0.1) is 18.3 Å². The molecule has 0 bridgehead atoms. The second-order valence-corrected chi connectivity index (χ2v) is 3.61. The topological polar surface area (TPSA) is 77.7 Å². The average molecular weight is 219 g/mol. The Hall–Kier alpha value is -2.11. The van der Waals surface area contributed by atoms with Crippen molar-refractivity contribution in [3.63, 3.8) is 0 Å². The number of rotatable bonds is 3. The van der Waals surface area contributed by atoms with Crippen molar-refractivity contribution >= 4 is 5.91 Å². The van der Waals surface area contributed by atoms with Gasteiger partial charge in [0.15, 0.2) is 0 Å². The summed E-state index contributed by atoms with van der Waals surface area (Å²) in [6.07, 6.45) is 4.93. The lowest BCUT2D eigenvalue weighted by Gasteiger charge is -2.14. The first-order valence-electron chi connectivity index (χ1n) is 4.92. The smallest absolute Gasteiger partial charge is 0.257 e. The Morgan fingerprint density at radius 2 is 2.38 bits per heavy atom. The number of H-pyrrole nitrogens is 2. The third kappa shape index (κ3) is 1.95. The highest BCUT2D eigenvalue weighted by atomic mass is 16.2. The van der Waals surface area contributed by atoms with E-state index in [1.165, 1.54) is 6.20 Å². The Morgan fingerprint density at radius 1 is 1.56 bits per heavy atom. The standard InChI is InChI=1S/C10H13N5O/c1-7-8(5-13-14-7)10(16)15(2)6-9-11-3-4-12-9/h3-5H,6H2,1-2H3,(H,11,12)(H,13,14). The van der Waals surface area contributed by atoms with Crippen LogP contribution in [0.15, 0.2) is 18.6 Å². The van der Waals surface area contributed by atoms with Crippen LogP contribution in [0.3, 0.4) is 0 Å². The molecule has 0 saturated carbocycles. The van der Waals surface area contributed by atoms with Gasteiger partial charge < -0.3 is 9.88 Å². The number of nitrogens with one attached hydrogen (secondary N) is 2. The number of imidazole rings is 1. The van der Waals surface area contributed by atoms with E-state index < -0.39 is 0 Å². The minimum absolute atomic E-state index is 0.0670. The first-order valence-corrected chi connectivity index (χ1v) is 4.92. The third-order valence-corrected chi connectivity index (χ3v) is 2.35. The van der Waals surface area contributed by atoms with Gasteiger partial charge in [0.25, 0.3) is 5.91 Å². The Labute approximate surface area is 92.7 Å². The first kappa shape index (κ1) is 10.4. The van der Waals surface area contributed by atoms with Crippen LogP contribution in [0.25, 0.3) is 0 Å².